The van der Waals surface area contributed by atoms with Gasteiger partial charge in [-0.1, -0.05) is 23.2 Å². The summed E-state index contributed by atoms with van der Waals surface area (Å²) in [7, 11) is 0. The zero-order chi connectivity index (χ0) is 11.7. The van der Waals surface area contributed by atoms with Crippen LogP contribution in [0, 0.1) is 0 Å². The number of benzene rings is 1. The molecule has 16 heavy (non-hydrogen) atoms. The van der Waals surface area contributed by atoms with E-state index in [1.54, 1.807) is 12.1 Å². The van der Waals surface area contributed by atoms with Crippen LogP contribution in [0.2, 0.25) is 10.0 Å². The van der Waals surface area contributed by atoms with Crippen LogP contribution in [-0.2, 0) is 0 Å². The van der Waals surface area contributed by atoms with E-state index in [9.17, 15) is 4.79 Å². The van der Waals surface area contributed by atoms with Crippen LogP contribution >= 0.6 is 23.2 Å². The minimum absolute atomic E-state index is 0.0502. The number of carbonyl (C=O) groups excluding carboxylic acids is 1. The lowest BCUT2D eigenvalue weighted by molar-refractivity contribution is 0.0563. The molecule has 0 aliphatic heterocycles. The molecular weight excluding hydrogens is 249 g/mol. The molecule has 1 saturated carbocycles. The molecule has 5 heteroatoms. The van der Waals surface area contributed by atoms with Gasteiger partial charge in [0.15, 0.2) is 0 Å². The summed E-state index contributed by atoms with van der Waals surface area (Å²) in [6, 6.07) is 4.80. The highest BCUT2D eigenvalue weighted by atomic mass is 35.5. The molecule has 0 heterocycles. The van der Waals surface area contributed by atoms with Gasteiger partial charge in [0.2, 0.25) is 0 Å². The number of halogens is 2. The summed E-state index contributed by atoms with van der Waals surface area (Å²) >= 11 is 11.6. The van der Waals surface area contributed by atoms with E-state index in [2.05, 4.69) is 5.32 Å². The van der Waals surface area contributed by atoms with E-state index in [4.69, 9.17) is 28.3 Å². The summed E-state index contributed by atoms with van der Waals surface area (Å²) < 4.78 is 0. The van der Waals surface area contributed by atoms with E-state index in [0.29, 0.717) is 28.5 Å². The topological polar surface area (TPSA) is 49.3 Å². The summed E-state index contributed by atoms with van der Waals surface area (Å²) in [5, 5.41) is 12.7. The summed E-state index contributed by atoms with van der Waals surface area (Å²) in [6.07, 6.45) is 0.930. The summed E-state index contributed by atoms with van der Waals surface area (Å²) in [5.41, 5.74) is 0.410. The average molecular weight is 260 g/mol. The van der Waals surface area contributed by atoms with Gasteiger partial charge in [0.05, 0.1) is 16.7 Å². The monoisotopic (exact) mass is 259 g/mol. The highest BCUT2D eigenvalue weighted by Gasteiger charge is 2.28. The van der Waals surface area contributed by atoms with E-state index in [1.165, 1.54) is 6.07 Å². The Balaban J connectivity index is 2.03. The van der Waals surface area contributed by atoms with E-state index in [-0.39, 0.29) is 18.1 Å². The van der Waals surface area contributed by atoms with Gasteiger partial charge < -0.3 is 10.4 Å². The lowest BCUT2D eigenvalue weighted by Gasteiger charge is -2.32. The zero-order valence-corrected chi connectivity index (χ0v) is 9.92. The second-order valence-electron chi connectivity index (χ2n) is 3.92. The quantitative estimate of drug-likeness (QED) is 0.856. The molecule has 0 atom stereocenters. The Labute approximate surface area is 103 Å². The van der Waals surface area contributed by atoms with Gasteiger partial charge >= 0.3 is 0 Å². The number of aliphatic hydroxyl groups excluding tert-OH is 1. The van der Waals surface area contributed by atoms with Gasteiger partial charge in [-0.3, -0.25) is 4.79 Å². The molecule has 1 aliphatic rings. The van der Waals surface area contributed by atoms with Gasteiger partial charge in [0.25, 0.3) is 5.91 Å². The number of amides is 1. The molecule has 1 amide bonds. The normalized spacial score (nSPS) is 23.7. The minimum Gasteiger partial charge on any atom is -0.393 e. The Bertz CT molecular complexity index is 416. The maximum atomic E-state index is 11.8. The highest BCUT2D eigenvalue weighted by molar-refractivity contribution is 6.36. The predicted molar refractivity (Wildman–Crippen MR) is 63.0 cm³/mol. The van der Waals surface area contributed by atoms with Crippen molar-refractivity contribution in [1.82, 2.24) is 5.32 Å². The van der Waals surface area contributed by atoms with Crippen molar-refractivity contribution >= 4 is 29.1 Å². The number of carbonyl (C=O) groups is 1. The van der Waals surface area contributed by atoms with Gasteiger partial charge in [-0.15, -0.1) is 0 Å². The smallest absolute Gasteiger partial charge is 0.253 e. The first kappa shape index (κ1) is 11.7. The van der Waals surface area contributed by atoms with Crippen molar-refractivity contribution in [2.75, 3.05) is 0 Å². The Hall–Kier alpha value is -0.770. The maximum absolute atomic E-state index is 11.8. The van der Waals surface area contributed by atoms with Crippen molar-refractivity contribution in [2.24, 2.45) is 0 Å². The van der Waals surface area contributed by atoms with E-state index >= 15 is 0 Å². The SMILES string of the molecule is O=C(NC1CC(O)C1)c1ccc(Cl)cc1Cl. The first-order valence-corrected chi connectivity index (χ1v) is 5.76. The second-order valence-corrected chi connectivity index (χ2v) is 4.76. The van der Waals surface area contributed by atoms with Crippen LogP contribution in [0.1, 0.15) is 23.2 Å². The number of hydrogen-bond donors (Lipinski definition) is 2. The number of rotatable bonds is 2. The molecular formula is C11H11Cl2NO2. The molecule has 0 radical (unpaired) electrons. The van der Waals surface area contributed by atoms with Gasteiger partial charge in [0.1, 0.15) is 0 Å². The Morgan fingerprint density at radius 1 is 1.38 bits per heavy atom. The number of nitrogens with one attached hydrogen (secondary N) is 1. The second kappa shape index (κ2) is 4.62. The summed E-state index contributed by atoms with van der Waals surface area (Å²) in [5.74, 6) is -0.224. The molecule has 1 aliphatic carbocycles. The summed E-state index contributed by atoms with van der Waals surface area (Å²) in [4.78, 5) is 11.8. The zero-order valence-electron chi connectivity index (χ0n) is 8.41. The van der Waals surface area contributed by atoms with Crippen LogP contribution < -0.4 is 5.32 Å². The standard InChI is InChI=1S/C11H11Cl2NO2/c12-6-1-2-9(10(13)3-6)11(16)14-7-4-8(15)5-7/h1-3,7-8,15H,4-5H2,(H,14,16). The van der Waals surface area contributed by atoms with Crippen molar-refractivity contribution in [3.8, 4) is 0 Å². The van der Waals surface area contributed by atoms with E-state index in [0.717, 1.165) is 0 Å². The third-order valence-corrected chi connectivity index (χ3v) is 3.17. The Morgan fingerprint density at radius 3 is 2.62 bits per heavy atom. The third-order valence-electron chi connectivity index (χ3n) is 2.62. The van der Waals surface area contributed by atoms with Gasteiger partial charge in [-0.05, 0) is 31.0 Å². The molecule has 1 aromatic carbocycles. The molecule has 2 N–H and O–H groups in total. The van der Waals surface area contributed by atoms with Gasteiger partial charge in [0, 0.05) is 11.1 Å². The van der Waals surface area contributed by atoms with E-state index in [1.807, 2.05) is 0 Å². The molecule has 3 nitrogen and oxygen atoms in total. The molecule has 0 aromatic heterocycles. The van der Waals surface area contributed by atoms with Gasteiger partial charge in [-0.25, -0.2) is 0 Å². The van der Waals surface area contributed by atoms with E-state index < -0.39 is 0 Å². The number of aliphatic hydroxyl groups is 1. The van der Waals surface area contributed by atoms with Crippen LogP contribution in [0.15, 0.2) is 18.2 Å². The molecule has 86 valence electrons. The Morgan fingerprint density at radius 2 is 2.06 bits per heavy atom. The largest absolute Gasteiger partial charge is 0.393 e. The summed E-state index contributed by atoms with van der Waals surface area (Å²) in [6.45, 7) is 0. The van der Waals surface area contributed by atoms with Crippen molar-refractivity contribution in [1.29, 1.82) is 0 Å². The molecule has 2 rings (SSSR count). The average Bonchev–Trinajstić information content (AvgIpc) is 2.15. The molecule has 1 fully saturated rings. The van der Waals surface area contributed by atoms with Crippen LogP contribution in [0.4, 0.5) is 0 Å². The van der Waals surface area contributed by atoms with Crippen molar-refractivity contribution in [3.63, 3.8) is 0 Å². The van der Waals surface area contributed by atoms with Crippen molar-refractivity contribution in [3.05, 3.63) is 33.8 Å². The fourth-order valence-corrected chi connectivity index (χ4v) is 2.14. The fraction of sp³-hybridized carbons (Fsp3) is 0.364. The molecule has 0 spiro atoms. The predicted octanol–water partition coefficient (Wildman–Crippen LogP) is 2.25. The first-order chi connectivity index (χ1) is 7.56. The first-order valence-electron chi connectivity index (χ1n) is 5.00. The highest BCUT2D eigenvalue weighted by Crippen LogP contribution is 2.23. The van der Waals surface area contributed by atoms with Crippen LogP contribution in [0.25, 0.3) is 0 Å². The molecule has 0 bridgehead atoms. The lowest BCUT2D eigenvalue weighted by atomic mass is 9.89. The fourth-order valence-electron chi connectivity index (χ4n) is 1.64. The molecule has 0 saturated heterocycles. The van der Waals surface area contributed by atoms with Crippen LogP contribution in [-0.4, -0.2) is 23.2 Å². The third kappa shape index (κ3) is 2.48. The van der Waals surface area contributed by atoms with Crippen molar-refractivity contribution < 1.29 is 9.90 Å². The van der Waals surface area contributed by atoms with Crippen LogP contribution in [0.5, 0.6) is 0 Å². The Kier molecular flexibility index (Phi) is 3.38. The van der Waals surface area contributed by atoms with Crippen LogP contribution in [0.3, 0.4) is 0 Å². The maximum Gasteiger partial charge on any atom is 0.253 e. The molecule has 1 aromatic rings. The number of hydrogen-bond acceptors (Lipinski definition) is 2. The lowest BCUT2D eigenvalue weighted by Crippen LogP contribution is -2.46. The van der Waals surface area contributed by atoms with Gasteiger partial charge in [-0.2, -0.15) is 0 Å². The molecule has 0 unspecified atom stereocenters. The van der Waals surface area contributed by atoms with Crippen molar-refractivity contribution in [2.45, 2.75) is 25.0 Å². The minimum atomic E-state index is -0.286.